The summed E-state index contributed by atoms with van der Waals surface area (Å²) in [5.74, 6) is 0. The third-order valence-corrected chi connectivity index (χ3v) is 8.26. The van der Waals surface area contributed by atoms with E-state index in [2.05, 4.69) is 116 Å². The van der Waals surface area contributed by atoms with Gasteiger partial charge in [0.1, 0.15) is 5.65 Å². The van der Waals surface area contributed by atoms with Crippen LogP contribution in [0, 0.1) is 13.8 Å². The molecule has 0 aliphatic carbocycles. The second-order valence-electron chi connectivity index (χ2n) is 11.6. The van der Waals surface area contributed by atoms with Crippen LogP contribution >= 0.6 is 0 Å². The average molecular weight is 594 g/mol. The molecular formula is C41H31N5. The second-order valence-corrected chi connectivity index (χ2v) is 11.6. The molecule has 3 aromatic heterocycles. The summed E-state index contributed by atoms with van der Waals surface area (Å²) >= 11 is 0. The zero-order valence-corrected chi connectivity index (χ0v) is 25.7. The first-order valence-electron chi connectivity index (χ1n) is 15.4. The molecule has 0 N–H and O–H groups in total. The molecule has 0 spiro atoms. The van der Waals surface area contributed by atoms with Crippen molar-refractivity contribution in [2.45, 2.75) is 13.8 Å². The van der Waals surface area contributed by atoms with Crippen molar-refractivity contribution >= 4 is 33.7 Å². The van der Waals surface area contributed by atoms with Crippen LogP contribution in [0.25, 0.3) is 50.5 Å². The number of aromatic nitrogens is 4. The van der Waals surface area contributed by atoms with Gasteiger partial charge >= 0.3 is 0 Å². The van der Waals surface area contributed by atoms with E-state index in [0.29, 0.717) is 0 Å². The van der Waals surface area contributed by atoms with Gasteiger partial charge in [0, 0.05) is 46.1 Å². The molecule has 0 unspecified atom stereocenters. The Bertz CT molecular complexity index is 2270. The van der Waals surface area contributed by atoms with Crippen molar-refractivity contribution in [3.05, 3.63) is 163 Å². The van der Waals surface area contributed by atoms with Gasteiger partial charge in [0.25, 0.3) is 0 Å². The van der Waals surface area contributed by atoms with Crippen molar-refractivity contribution in [1.29, 1.82) is 0 Å². The lowest BCUT2D eigenvalue weighted by Crippen LogP contribution is -2.09. The van der Waals surface area contributed by atoms with Gasteiger partial charge in [-0.25, -0.2) is 15.0 Å². The van der Waals surface area contributed by atoms with Crippen LogP contribution in [0.4, 0.5) is 17.1 Å². The van der Waals surface area contributed by atoms with Crippen LogP contribution in [0.5, 0.6) is 0 Å². The lowest BCUT2D eigenvalue weighted by atomic mass is 9.99. The maximum Gasteiger partial charge on any atom is 0.137 e. The highest BCUT2D eigenvalue weighted by Gasteiger charge is 2.17. The minimum atomic E-state index is 0.873. The summed E-state index contributed by atoms with van der Waals surface area (Å²) in [6.07, 6.45) is 4.09. The van der Waals surface area contributed by atoms with E-state index in [-0.39, 0.29) is 0 Å². The van der Waals surface area contributed by atoms with E-state index < -0.39 is 0 Å². The van der Waals surface area contributed by atoms with Gasteiger partial charge < -0.3 is 9.30 Å². The number of pyridine rings is 1. The highest BCUT2D eigenvalue weighted by atomic mass is 15.1. The van der Waals surface area contributed by atoms with E-state index >= 15 is 0 Å². The lowest BCUT2D eigenvalue weighted by molar-refractivity contribution is 1.19. The zero-order chi connectivity index (χ0) is 31.0. The van der Waals surface area contributed by atoms with Crippen LogP contribution in [0.2, 0.25) is 0 Å². The first-order chi connectivity index (χ1) is 22.6. The fourth-order valence-electron chi connectivity index (χ4n) is 6.16. The number of imidazole rings is 1. The molecule has 0 saturated heterocycles. The van der Waals surface area contributed by atoms with Gasteiger partial charge in [0.2, 0.25) is 0 Å². The van der Waals surface area contributed by atoms with Gasteiger partial charge in [-0.1, -0.05) is 77.9 Å². The lowest BCUT2D eigenvalue weighted by Gasteiger charge is -2.26. The summed E-state index contributed by atoms with van der Waals surface area (Å²) in [4.78, 5) is 17.3. The van der Waals surface area contributed by atoms with Crippen LogP contribution in [-0.2, 0) is 0 Å². The molecule has 5 aromatic carbocycles. The fraction of sp³-hybridized carbons (Fsp3) is 0.0488. The quantitative estimate of drug-likeness (QED) is 0.192. The molecule has 0 fully saturated rings. The number of rotatable bonds is 6. The number of hydrogen-bond acceptors (Lipinski definition) is 4. The van der Waals surface area contributed by atoms with Crippen molar-refractivity contribution in [1.82, 2.24) is 19.4 Å². The molecule has 5 nitrogen and oxygen atoms in total. The zero-order valence-electron chi connectivity index (χ0n) is 25.7. The monoisotopic (exact) mass is 593 g/mol. The fourth-order valence-corrected chi connectivity index (χ4v) is 6.16. The SMILES string of the molecule is Cc1cc(C)cc(-c2nc3ccccc3nc2-c2ccc(N(c3ccccc3)c3ccc(-c4cn5ccccc5n4)cc3)cc2)c1. The van der Waals surface area contributed by atoms with E-state index in [1.165, 1.54) is 11.1 Å². The molecule has 8 rings (SSSR count). The summed E-state index contributed by atoms with van der Waals surface area (Å²) < 4.78 is 2.05. The summed E-state index contributed by atoms with van der Waals surface area (Å²) in [6.45, 7) is 4.25. The standard InChI is InChI=1S/C41H31N5/c1-28-24-29(2)26-32(25-28)41-40(43-36-12-6-7-13-37(36)44-41)31-17-21-35(22-18-31)46(33-10-4-3-5-11-33)34-19-15-30(16-20-34)38-27-45-23-9-8-14-39(45)42-38/h3-27H,1-2H3. The Hall–Kier alpha value is -6.07. The van der Waals surface area contributed by atoms with Crippen LogP contribution in [-0.4, -0.2) is 19.4 Å². The topological polar surface area (TPSA) is 46.3 Å². The number of nitrogens with zero attached hydrogens (tertiary/aromatic N) is 5. The third-order valence-electron chi connectivity index (χ3n) is 8.26. The normalized spacial score (nSPS) is 11.3. The van der Waals surface area contributed by atoms with Crippen LogP contribution in [0.3, 0.4) is 0 Å². The predicted octanol–water partition coefficient (Wildman–Crippen LogP) is 10.4. The van der Waals surface area contributed by atoms with E-state index in [0.717, 1.165) is 67.5 Å². The maximum absolute atomic E-state index is 5.14. The number of benzene rings is 5. The Morgan fingerprint density at radius 2 is 1.02 bits per heavy atom. The summed E-state index contributed by atoms with van der Waals surface area (Å²) in [5.41, 5.74) is 14.2. The molecule has 0 amide bonds. The van der Waals surface area contributed by atoms with Crippen molar-refractivity contribution < 1.29 is 0 Å². The molecule has 0 atom stereocenters. The van der Waals surface area contributed by atoms with E-state index in [1.54, 1.807) is 0 Å². The van der Waals surface area contributed by atoms with Crippen molar-refractivity contribution in [3.63, 3.8) is 0 Å². The number of hydrogen-bond donors (Lipinski definition) is 0. The molecule has 46 heavy (non-hydrogen) atoms. The molecule has 5 heteroatoms. The van der Waals surface area contributed by atoms with Crippen molar-refractivity contribution in [2.24, 2.45) is 0 Å². The minimum absolute atomic E-state index is 0.873. The Kier molecular flexibility index (Phi) is 6.84. The van der Waals surface area contributed by atoms with Crippen molar-refractivity contribution in [3.8, 4) is 33.8 Å². The summed E-state index contributed by atoms with van der Waals surface area (Å²) in [6, 6.07) is 48.4. The maximum atomic E-state index is 5.14. The number of aryl methyl sites for hydroxylation is 2. The smallest absolute Gasteiger partial charge is 0.137 e. The molecule has 8 aromatic rings. The Morgan fingerprint density at radius 1 is 0.478 bits per heavy atom. The summed E-state index contributed by atoms with van der Waals surface area (Å²) in [5, 5.41) is 0. The number of para-hydroxylation sites is 3. The minimum Gasteiger partial charge on any atom is -0.311 e. The highest BCUT2D eigenvalue weighted by Crippen LogP contribution is 2.38. The highest BCUT2D eigenvalue weighted by molar-refractivity contribution is 5.87. The van der Waals surface area contributed by atoms with Gasteiger partial charge in [-0.3, -0.25) is 0 Å². The first-order valence-corrected chi connectivity index (χ1v) is 15.4. The Balaban J connectivity index is 1.20. The van der Waals surface area contributed by atoms with Crippen LogP contribution in [0.15, 0.2) is 152 Å². The molecule has 0 aliphatic rings. The van der Waals surface area contributed by atoms with E-state index in [9.17, 15) is 0 Å². The van der Waals surface area contributed by atoms with E-state index in [1.807, 2.05) is 59.1 Å². The van der Waals surface area contributed by atoms with Gasteiger partial charge in [0.15, 0.2) is 0 Å². The molecule has 220 valence electrons. The predicted molar refractivity (Wildman–Crippen MR) is 189 cm³/mol. The Labute approximate surface area is 268 Å². The van der Waals surface area contributed by atoms with Crippen LogP contribution < -0.4 is 4.90 Å². The van der Waals surface area contributed by atoms with Crippen LogP contribution in [0.1, 0.15) is 11.1 Å². The average Bonchev–Trinajstić information content (AvgIpc) is 3.53. The molecule has 3 heterocycles. The first kappa shape index (κ1) is 27.5. The van der Waals surface area contributed by atoms with Crippen molar-refractivity contribution in [2.75, 3.05) is 4.90 Å². The molecular weight excluding hydrogens is 562 g/mol. The van der Waals surface area contributed by atoms with Gasteiger partial charge in [-0.2, -0.15) is 0 Å². The molecule has 0 aliphatic heterocycles. The van der Waals surface area contributed by atoms with Gasteiger partial charge in [-0.15, -0.1) is 0 Å². The van der Waals surface area contributed by atoms with Gasteiger partial charge in [-0.05, 0) is 86.6 Å². The Morgan fingerprint density at radius 3 is 1.65 bits per heavy atom. The molecule has 0 bridgehead atoms. The third kappa shape index (κ3) is 5.18. The number of fused-ring (bicyclic) bond motifs is 2. The van der Waals surface area contributed by atoms with E-state index in [4.69, 9.17) is 15.0 Å². The second kappa shape index (κ2) is 11.5. The van der Waals surface area contributed by atoms with Gasteiger partial charge in [0.05, 0.1) is 28.1 Å². The number of anilines is 3. The molecule has 0 radical (unpaired) electrons. The summed E-state index contributed by atoms with van der Waals surface area (Å²) in [7, 11) is 0. The largest absolute Gasteiger partial charge is 0.311 e. The molecule has 0 saturated carbocycles.